The maximum absolute atomic E-state index is 10.1. The Morgan fingerprint density at radius 2 is 1.79 bits per heavy atom. The predicted molar refractivity (Wildman–Crippen MR) is 91.3 cm³/mol. The topological polar surface area (TPSA) is 87.6 Å². The van der Waals surface area contributed by atoms with E-state index in [2.05, 4.69) is 9.97 Å². The smallest absolute Gasteiger partial charge is 0.197 e. The normalized spacial score (nSPS) is 10.4. The molecule has 24 heavy (non-hydrogen) atoms. The second kappa shape index (κ2) is 6.59. The van der Waals surface area contributed by atoms with Crippen LogP contribution in [0.15, 0.2) is 48.7 Å². The molecule has 3 aromatic rings. The lowest BCUT2D eigenvalue weighted by Gasteiger charge is -2.14. The van der Waals surface area contributed by atoms with Crippen LogP contribution in [0.1, 0.15) is 0 Å². The summed E-state index contributed by atoms with van der Waals surface area (Å²) in [6.07, 6.45) is 1.47. The maximum Gasteiger partial charge on any atom is 0.197 e. The number of aromatic amines is 1. The van der Waals surface area contributed by atoms with Crippen LogP contribution < -0.4 is 9.47 Å². The molecule has 3 N–H and O–H groups in total. The summed E-state index contributed by atoms with van der Waals surface area (Å²) in [5.74, 6) is 1.24. The highest BCUT2D eigenvalue weighted by molar-refractivity contribution is 7.71. The molecule has 0 aliphatic rings. The monoisotopic (exact) mass is 342 g/mol. The van der Waals surface area contributed by atoms with E-state index in [0.717, 1.165) is 0 Å². The van der Waals surface area contributed by atoms with Gasteiger partial charge in [-0.2, -0.15) is 0 Å². The van der Waals surface area contributed by atoms with E-state index in [4.69, 9.17) is 21.7 Å². The summed E-state index contributed by atoms with van der Waals surface area (Å²) in [6, 6.07) is 11.4. The van der Waals surface area contributed by atoms with Crippen LogP contribution in [-0.2, 0) is 0 Å². The SMILES string of the molecule is COc1ccccc1Oc1cnc(=S)[nH]c1-c1ccc(O)cc1O. The summed E-state index contributed by atoms with van der Waals surface area (Å²) in [5.41, 5.74) is 0.865. The molecule has 0 saturated carbocycles. The number of aromatic hydroxyl groups is 2. The number of para-hydroxylation sites is 2. The molecule has 122 valence electrons. The first-order valence-electron chi connectivity index (χ1n) is 7.01. The van der Waals surface area contributed by atoms with Gasteiger partial charge in [0.1, 0.15) is 11.5 Å². The average molecular weight is 342 g/mol. The van der Waals surface area contributed by atoms with E-state index in [9.17, 15) is 10.2 Å². The number of phenols is 2. The van der Waals surface area contributed by atoms with Crippen molar-refractivity contribution in [2.24, 2.45) is 0 Å². The number of methoxy groups -OCH3 is 1. The summed E-state index contributed by atoms with van der Waals surface area (Å²) in [7, 11) is 1.55. The van der Waals surface area contributed by atoms with Crippen molar-refractivity contribution in [1.82, 2.24) is 9.97 Å². The highest BCUT2D eigenvalue weighted by Gasteiger charge is 2.15. The van der Waals surface area contributed by atoms with Gasteiger partial charge in [0.25, 0.3) is 0 Å². The molecule has 7 heteroatoms. The number of rotatable bonds is 4. The maximum atomic E-state index is 10.1. The number of H-pyrrole nitrogens is 1. The molecule has 0 aliphatic heterocycles. The molecule has 0 fully saturated rings. The zero-order chi connectivity index (χ0) is 17.1. The van der Waals surface area contributed by atoms with Crippen LogP contribution in [0.25, 0.3) is 11.3 Å². The summed E-state index contributed by atoms with van der Waals surface area (Å²) in [5, 5.41) is 19.6. The molecule has 0 unspecified atom stereocenters. The fourth-order valence-corrected chi connectivity index (χ4v) is 2.37. The first kappa shape index (κ1) is 15.8. The Morgan fingerprint density at radius 1 is 1.04 bits per heavy atom. The van der Waals surface area contributed by atoms with Crippen LogP contribution in [0.3, 0.4) is 0 Å². The number of hydrogen-bond donors (Lipinski definition) is 3. The van der Waals surface area contributed by atoms with E-state index in [0.29, 0.717) is 28.5 Å². The molecular formula is C17H14N2O4S. The number of ether oxygens (including phenoxy) is 2. The van der Waals surface area contributed by atoms with Crippen molar-refractivity contribution in [1.29, 1.82) is 0 Å². The third-order valence-corrected chi connectivity index (χ3v) is 3.52. The first-order chi connectivity index (χ1) is 11.6. The molecule has 0 aliphatic carbocycles. The molecule has 0 atom stereocenters. The van der Waals surface area contributed by atoms with Crippen LogP contribution in [0.2, 0.25) is 0 Å². The number of aromatic nitrogens is 2. The minimum Gasteiger partial charge on any atom is -0.508 e. The van der Waals surface area contributed by atoms with E-state index in [1.807, 2.05) is 12.1 Å². The summed E-state index contributed by atoms with van der Waals surface area (Å²) in [6.45, 7) is 0. The third kappa shape index (κ3) is 3.16. The van der Waals surface area contributed by atoms with Gasteiger partial charge < -0.3 is 24.7 Å². The number of nitrogens with zero attached hydrogens (tertiary/aromatic N) is 1. The molecular weight excluding hydrogens is 328 g/mol. The quantitative estimate of drug-likeness (QED) is 0.621. The highest BCUT2D eigenvalue weighted by atomic mass is 32.1. The Morgan fingerprint density at radius 3 is 2.50 bits per heavy atom. The van der Waals surface area contributed by atoms with Crippen molar-refractivity contribution >= 4 is 12.2 Å². The molecule has 0 saturated heterocycles. The standard InChI is InChI=1S/C17H14N2O4S/c1-22-13-4-2-3-5-14(13)23-15-9-18-17(24)19-16(15)11-7-6-10(20)8-12(11)21/h2-9,20-21H,1H3,(H,18,19,24). The minimum absolute atomic E-state index is 0.0453. The van der Waals surface area contributed by atoms with Crippen molar-refractivity contribution < 1.29 is 19.7 Å². The molecule has 1 aromatic heterocycles. The zero-order valence-electron chi connectivity index (χ0n) is 12.7. The van der Waals surface area contributed by atoms with Gasteiger partial charge in [0.05, 0.1) is 19.0 Å². The lowest BCUT2D eigenvalue weighted by molar-refractivity contribution is 0.378. The first-order valence-corrected chi connectivity index (χ1v) is 7.42. The van der Waals surface area contributed by atoms with E-state index in [1.165, 1.54) is 18.3 Å². The summed E-state index contributed by atoms with van der Waals surface area (Å²) < 4.78 is 11.4. The largest absolute Gasteiger partial charge is 0.508 e. The van der Waals surface area contributed by atoms with E-state index >= 15 is 0 Å². The third-order valence-electron chi connectivity index (χ3n) is 3.32. The number of phenolic OH excluding ortho intramolecular Hbond substituents is 2. The molecule has 0 amide bonds. The van der Waals surface area contributed by atoms with Crippen molar-refractivity contribution in [2.45, 2.75) is 0 Å². The summed E-state index contributed by atoms with van der Waals surface area (Å²) in [4.78, 5) is 6.93. The Balaban J connectivity index is 2.11. The predicted octanol–water partition coefficient (Wildman–Crippen LogP) is 4.02. The van der Waals surface area contributed by atoms with Crippen LogP contribution in [0, 0.1) is 4.77 Å². The minimum atomic E-state index is -0.114. The molecule has 2 aromatic carbocycles. The molecule has 1 heterocycles. The van der Waals surface area contributed by atoms with Crippen molar-refractivity contribution in [3.8, 4) is 40.0 Å². The molecule has 0 radical (unpaired) electrons. The molecule has 3 rings (SSSR count). The molecule has 6 nitrogen and oxygen atoms in total. The van der Waals surface area contributed by atoms with Crippen LogP contribution >= 0.6 is 12.2 Å². The van der Waals surface area contributed by atoms with Gasteiger partial charge in [-0.3, -0.25) is 0 Å². The van der Waals surface area contributed by atoms with Gasteiger partial charge >= 0.3 is 0 Å². The van der Waals surface area contributed by atoms with Crippen LogP contribution in [-0.4, -0.2) is 27.3 Å². The van der Waals surface area contributed by atoms with Gasteiger partial charge in [0.15, 0.2) is 22.0 Å². The number of hydrogen-bond acceptors (Lipinski definition) is 6. The van der Waals surface area contributed by atoms with Crippen molar-refractivity contribution in [3.63, 3.8) is 0 Å². The second-order valence-electron chi connectivity index (χ2n) is 4.88. The number of nitrogens with one attached hydrogen (secondary N) is 1. The Kier molecular flexibility index (Phi) is 4.35. The highest BCUT2D eigenvalue weighted by Crippen LogP contribution is 2.39. The van der Waals surface area contributed by atoms with Crippen LogP contribution in [0.5, 0.6) is 28.7 Å². The fraction of sp³-hybridized carbons (Fsp3) is 0.0588. The zero-order valence-corrected chi connectivity index (χ0v) is 13.5. The lowest BCUT2D eigenvalue weighted by Crippen LogP contribution is -1.96. The summed E-state index contributed by atoms with van der Waals surface area (Å²) >= 11 is 5.06. The van der Waals surface area contributed by atoms with E-state index < -0.39 is 0 Å². The van der Waals surface area contributed by atoms with Crippen molar-refractivity contribution in [3.05, 3.63) is 53.4 Å². The van der Waals surface area contributed by atoms with Gasteiger partial charge in [-0.1, -0.05) is 12.1 Å². The van der Waals surface area contributed by atoms with Gasteiger partial charge in [-0.15, -0.1) is 0 Å². The van der Waals surface area contributed by atoms with Gasteiger partial charge in [0, 0.05) is 11.6 Å². The lowest BCUT2D eigenvalue weighted by atomic mass is 10.1. The van der Waals surface area contributed by atoms with Crippen LogP contribution in [0.4, 0.5) is 0 Å². The molecule has 0 spiro atoms. The van der Waals surface area contributed by atoms with E-state index in [1.54, 1.807) is 25.3 Å². The number of benzene rings is 2. The van der Waals surface area contributed by atoms with Crippen molar-refractivity contribution in [2.75, 3.05) is 7.11 Å². The van der Waals surface area contributed by atoms with Gasteiger partial charge in [0.2, 0.25) is 0 Å². The second-order valence-corrected chi connectivity index (χ2v) is 5.27. The Labute approximate surface area is 143 Å². The fourth-order valence-electron chi connectivity index (χ4n) is 2.21. The molecule has 0 bridgehead atoms. The average Bonchev–Trinajstić information content (AvgIpc) is 2.57. The Hall–Kier alpha value is -3.06. The van der Waals surface area contributed by atoms with Gasteiger partial charge in [-0.25, -0.2) is 4.98 Å². The van der Waals surface area contributed by atoms with Gasteiger partial charge in [-0.05, 0) is 36.5 Å². The Bertz CT molecular complexity index is 940. The van der Waals surface area contributed by atoms with E-state index in [-0.39, 0.29) is 16.3 Å².